The number of carbonyl (C=O) groups excluding carboxylic acids is 1. The Morgan fingerprint density at radius 2 is 2.00 bits per heavy atom. The van der Waals surface area contributed by atoms with Crippen LogP contribution in [0.15, 0.2) is 29.2 Å². The molecule has 0 saturated carbocycles. The Kier molecular flexibility index (Phi) is 6.80. The zero-order valence-electron chi connectivity index (χ0n) is 12.7. The molecule has 0 aliphatic rings. The van der Waals surface area contributed by atoms with Crippen LogP contribution in [0.25, 0.3) is 0 Å². The summed E-state index contributed by atoms with van der Waals surface area (Å²) < 4.78 is 26.3. The highest BCUT2D eigenvalue weighted by Crippen LogP contribution is 2.10. The molecule has 0 fully saturated rings. The number of amides is 1. The van der Waals surface area contributed by atoms with E-state index in [1.165, 1.54) is 6.07 Å². The largest absolute Gasteiger partial charge is 0.355 e. The number of benzene rings is 1. The Bertz CT molecular complexity index is 571. The highest BCUT2D eigenvalue weighted by atomic mass is 32.2. The normalized spacial score (nSPS) is 11.6. The molecule has 0 unspecified atom stereocenters. The molecule has 6 nitrogen and oxygen atoms in total. The Balaban J connectivity index is 2.41. The van der Waals surface area contributed by atoms with Crippen LogP contribution >= 0.6 is 0 Å². The fraction of sp³-hybridized carbons (Fsp3) is 0.500. The van der Waals surface area contributed by atoms with E-state index >= 15 is 0 Å². The van der Waals surface area contributed by atoms with Gasteiger partial charge < -0.3 is 10.2 Å². The molecule has 1 aromatic carbocycles. The van der Waals surface area contributed by atoms with Crippen LogP contribution in [0.2, 0.25) is 0 Å². The van der Waals surface area contributed by atoms with Crippen LogP contribution in [-0.2, 0) is 14.8 Å². The summed E-state index contributed by atoms with van der Waals surface area (Å²) in [6, 6.07) is 6.56. The maximum Gasteiger partial charge on any atom is 0.241 e. The first-order valence-corrected chi connectivity index (χ1v) is 8.27. The lowest BCUT2D eigenvalue weighted by atomic mass is 10.2. The fourth-order valence-electron chi connectivity index (χ4n) is 1.71. The minimum absolute atomic E-state index is 0.169. The molecule has 1 aromatic rings. The zero-order chi connectivity index (χ0) is 15.9. The van der Waals surface area contributed by atoms with E-state index in [1.54, 1.807) is 12.1 Å². The van der Waals surface area contributed by atoms with Crippen LogP contribution in [0.3, 0.4) is 0 Å². The van der Waals surface area contributed by atoms with E-state index in [0.29, 0.717) is 6.54 Å². The van der Waals surface area contributed by atoms with Gasteiger partial charge in [-0.3, -0.25) is 4.79 Å². The summed E-state index contributed by atoms with van der Waals surface area (Å²) in [5, 5.41) is 2.68. The molecule has 1 amide bonds. The summed E-state index contributed by atoms with van der Waals surface area (Å²) in [5.74, 6) is -0.329. The van der Waals surface area contributed by atoms with Gasteiger partial charge in [-0.1, -0.05) is 12.1 Å². The molecule has 1 rings (SSSR count). The minimum atomic E-state index is -3.64. The molecule has 0 saturated heterocycles. The Labute approximate surface area is 126 Å². The van der Waals surface area contributed by atoms with Crippen molar-refractivity contribution in [2.75, 3.05) is 33.7 Å². The first-order chi connectivity index (χ1) is 9.81. The SMILES string of the molecule is Cc1cccc(S(=O)(=O)NCC(=O)NCCCN(C)C)c1. The third kappa shape index (κ3) is 6.70. The summed E-state index contributed by atoms with van der Waals surface area (Å²) in [7, 11) is 0.271. The van der Waals surface area contributed by atoms with Gasteiger partial charge in [0.15, 0.2) is 0 Å². The summed E-state index contributed by atoms with van der Waals surface area (Å²) >= 11 is 0. The molecule has 0 heterocycles. The monoisotopic (exact) mass is 313 g/mol. The van der Waals surface area contributed by atoms with Gasteiger partial charge in [0.25, 0.3) is 0 Å². The number of carbonyl (C=O) groups is 1. The first kappa shape index (κ1) is 17.6. The molecule has 0 radical (unpaired) electrons. The van der Waals surface area contributed by atoms with E-state index < -0.39 is 10.0 Å². The van der Waals surface area contributed by atoms with Gasteiger partial charge in [-0.2, -0.15) is 0 Å². The van der Waals surface area contributed by atoms with Gasteiger partial charge in [-0.05, 0) is 51.7 Å². The predicted octanol–water partition coefficient (Wildman–Crippen LogP) is 0.341. The summed E-state index contributed by atoms with van der Waals surface area (Å²) in [5.41, 5.74) is 0.853. The molecule has 21 heavy (non-hydrogen) atoms. The average Bonchev–Trinajstić information content (AvgIpc) is 2.41. The first-order valence-electron chi connectivity index (χ1n) is 6.79. The van der Waals surface area contributed by atoms with Crippen molar-refractivity contribution in [2.24, 2.45) is 0 Å². The van der Waals surface area contributed by atoms with E-state index in [1.807, 2.05) is 32.0 Å². The summed E-state index contributed by atoms with van der Waals surface area (Å²) in [6.07, 6.45) is 0.823. The molecule has 118 valence electrons. The lowest BCUT2D eigenvalue weighted by Gasteiger charge is -2.10. The Morgan fingerprint density at radius 3 is 2.62 bits per heavy atom. The maximum absolute atomic E-state index is 12.0. The van der Waals surface area contributed by atoms with Crippen LogP contribution in [0.1, 0.15) is 12.0 Å². The number of nitrogens with zero attached hydrogens (tertiary/aromatic N) is 1. The molecule has 0 aliphatic heterocycles. The number of sulfonamides is 1. The number of aryl methyl sites for hydroxylation is 1. The third-order valence-electron chi connectivity index (χ3n) is 2.83. The van der Waals surface area contributed by atoms with Gasteiger partial charge in [0.2, 0.25) is 15.9 Å². The van der Waals surface area contributed by atoms with Crippen LogP contribution in [0.4, 0.5) is 0 Å². The second kappa shape index (κ2) is 8.11. The van der Waals surface area contributed by atoms with Crippen molar-refractivity contribution in [2.45, 2.75) is 18.2 Å². The average molecular weight is 313 g/mol. The van der Waals surface area contributed by atoms with E-state index in [9.17, 15) is 13.2 Å². The van der Waals surface area contributed by atoms with Crippen molar-refractivity contribution in [3.63, 3.8) is 0 Å². The highest BCUT2D eigenvalue weighted by molar-refractivity contribution is 7.89. The third-order valence-corrected chi connectivity index (χ3v) is 4.23. The maximum atomic E-state index is 12.0. The van der Waals surface area contributed by atoms with Gasteiger partial charge >= 0.3 is 0 Å². The van der Waals surface area contributed by atoms with Crippen LogP contribution < -0.4 is 10.0 Å². The van der Waals surface area contributed by atoms with Crippen molar-refractivity contribution < 1.29 is 13.2 Å². The van der Waals surface area contributed by atoms with Crippen molar-refractivity contribution >= 4 is 15.9 Å². The number of hydrogen-bond acceptors (Lipinski definition) is 4. The van der Waals surface area contributed by atoms with Crippen molar-refractivity contribution in [3.05, 3.63) is 29.8 Å². The molecule has 0 bridgehead atoms. The van der Waals surface area contributed by atoms with Crippen LogP contribution in [-0.4, -0.2) is 53.0 Å². The van der Waals surface area contributed by atoms with Crippen LogP contribution in [0.5, 0.6) is 0 Å². The van der Waals surface area contributed by atoms with Crippen molar-refractivity contribution in [1.82, 2.24) is 14.9 Å². The molecular formula is C14H23N3O3S. The fourth-order valence-corrected chi connectivity index (χ4v) is 2.80. The smallest absolute Gasteiger partial charge is 0.241 e. The topological polar surface area (TPSA) is 78.5 Å². The standard InChI is InChI=1S/C14H23N3O3S/c1-12-6-4-7-13(10-12)21(19,20)16-11-14(18)15-8-5-9-17(2)3/h4,6-7,10,16H,5,8-9,11H2,1-3H3,(H,15,18). The minimum Gasteiger partial charge on any atom is -0.355 e. The highest BCUT2D eigenvalue weighted by Gasteiger charge is 2.15. The molecule has 0 spiro atoms. The Hall–Kier alpha value is -1.44. The quantitative estimate of drug-likeness (QED) is 0.679. The Morgan fingerprint density at radius 1 is 1.29 bits per heavy atom. The molecule has 0 aliphatic carbocycles. The van der Waals surface area contributed by atoms with Crippen LogP contribution in [0, 0.1) is 6.92 Å². The summed E-state index contributed by atoms with van der Waals surface area (Å²) in [4.78, 5) is 13.8. The molecule has 0 aromatic heterocycles. The zero-order valence-corrected chi connectivity index (χ0v) is 13.5. The van der Waals surface area contributed by atoms with Gasteiger partial charge in [-0.15, -0.1) is 0 Å². The second-order valence-corrected chi connectivity index (χ2v) is 6.91. The van der Waals surface area contributed by atoms with Gasteiger partial charge in [0, 0.05) is 6.54 Å². The number of nitrogens with one attached hydrogen (secondary N) is 2. The number of hydrogen-bond donors (Lipinski definition) is 2. The van der Waals surface area contributed by atoms with Gasteiger partial charge in [-0.25, -0.2) is 13.1 Å². The molecule has 0 atom stereocenters. The second-order valence-electron chi connectivity index (χ2n) is 5.15. The van der Waals surface area contributed by atoms with Crippen molar-refractivity contribution in [1.29, 1.82) is 0 Å². The molecular weight excluding hydrogens is 290 g/mol. The van der Waals surface area contributed by atoms with E-state index in [0.717, 1.165) is 18.5 Å². The lowest BCUT2D eigenvalue weighted by molar-refractivity contribution is -0.119. The predicted molar refractivity (Wildman–Crippen MR) is 82.5 cm³/mol. The molecule has 7 heteroatoms. The van der Waals surface area contributed by atoms with Gasteiger partial charge in [0.05, 0.1) is 11.4 Å². The van der Waals surface area contributed by atoms with E-state index in [2.05, 4.69) is 10.0 Å². The van der Waals surface area contributed by atoms with Crippen molar-refractivity contribution in [3.8, 4) is 0 Å². The van der Waals surface area contributed by atoms with E-state index in [4.69, 9.17) is 0 Å². The lowest BCUT2D eigenvalue weighted by Crippen LogP contribution is -2.37. The molecule has 2 N–H and O–H groups in total. The van der Waals surface area contributed by atoms with Gasteiger partial charge in [0.1, 0.15) is 0 Å². The summed E-state index contributed by atoms with van der Waals surface area (Å²) in [6.45, 7) is 2.97. The van der Waals surface area contributed by atoms with E-state index in [-0.39, 0.29) is 17.3 Å². The number of rotatable bonds is 8.